The van der Waals surface area contributed by atoms with Crippen LogP contribution in [0.4, 0.5) is 4.79 Å². The van der Waals surface area contributed by atoms with E-state index in [2.05, 4.69) is 29.6 Å². The summed E-state index contributed by atoms with van der Waals surface area (Å²) in [6.45, 7) is 0.280. The van der Waals surface area contributed by atoms with Crippen molar-refractivity contribution in [2.45, 2.75) is 12.5 Å². The van der Waals surface area contributed by atoms with Crippen LogP contribution in [0, 0.1) is 0 Å². The van der Waals surface area contributed by atoms with Crippen LogP contribution in [0.5, 0.6) is 0 Å². The Hall–Kier alpha value is -3.54. The van der Waals surface area contributed by atoms with E-state index in [-0.39, 0.29) is 24.6 Å². The summed E-state index contributed by atoms with van der Waals surface area (Å²) in [5.74, 6) is -0.738. The zero-order chi connectivity index (χ0) is 18.8. The van der Waals surface area contributed by atoms with Gasteiger partial charge in [-0.3, -0.25) is 0 Å². The van der Waals surface area contributed by atoms with Gasteiger partial charge in [0.2, 0.25) is 0 Å². The van der Waals surface area contributed by atoms with Gasteiger partial charge in [0.15, 0.2) is 0 Å². The van der Waals surface area contributed by atoms with E-state index in [1.54, 1.807) is 0 Å². The van der Waals surface area contributed by atoms with E-state index in [1.807, 2.05) is 24.3 Å². The molecule has 3 aromatic rings. The van der Waals surface area contributed by atoms with E-state index in [9.17, 15) is 9.59 Å². The molecule has 0 atom stereocenters. The second-order valence-electron chi connectivity index (χ2n) is 6.29. The van der Waals surface area contributed by atoms with Crippen LogP contribution in [0.25, 0.3) is 11.1 Å². The molecule has 1 aliphatic carbocycles. The molecule has 1 amide bonds. The van der Waals surface area contributed by atoms with E-state index in [0.717, 1.165) is 17.4 Å². The first-order valence-electron chi connectivity index (χ1n) is 8.53. The van der Waals surface area contributed by atoms with Crippen molar-refractivity contribution in [3.8, 4) is 11.1 Å². The molecule has 0 spiro atoms. The first-order chi connectivity index (χ1) is 13.1. The topological polar surface area (TPSA) is 88.8 Å². The van der Waals surface area contributed by atoms with Gasteiger partial charge in [-0.25, -0.2) is 9.59 Å². The molecule has 1 aliphatic rings. The van der Waals surface area contributed by atoms with Crippen molar-refractivity contribution < 1.29 is 23.8 Å². The van der Waals surface area contributed by atoms with Gasteiger partial charge >= 0.3 is 12.1 Å². The number of aromatic carboxylic acids is 1. The summed E-state index contributed by atoms with van der Waals surface area (Å²) < 4.78 is 10.5. The van der Waals surface area contributed by atoms with E-state index in [0.29, 0.717) is 5.76 Å². The fourth-order valence-electron chi connectivity index (χ4n) is 3.39. The summed E-state index contributed by atoms with van der Waals surface area (Å²) in [7, 11) is 0. The van der Waals surface area contributed by atoms with Crippen LogP contribution in [0.2, 0.25) is 0 Å². The van der Waals surface area contributed by atoms with Crippen molar-refractivity contribution in [2.75, 3.05) is 6.61 Å². The minimum Gasteiger partial charge on any atom is -0.478 e. The average Bonchev–Trinajstić information content (AvgIpc) is 3.28. The van der Waals surface area contributed by atoms with Crippen LogP contribution in [0.15, 0.2) is 65.3 Å². The lowest BCUT2D eigenvalue weighted by atomic mass is 9.98. The van der Waals surface area contributed by atoms with Gasteiger partial charge in [0.1, 0.15) is 18.6 Å². The van der Waals surface area contributed by atoms with Gasteiger partial charge in [0.25, 0.3) is 0 Å². The molecule has 27 heavy (non-hydrogen) atoms. The molecular weight excluding hydrogens is 346 g/mol. The maximum Gasteiger partial charge on any atom is 0.407 e. The predicted molar refractivity (Wildman–Crippen MR) is 97.6 cm³/mol. The third kappa shape index (κ3) is 3.29. The molecule has 0 unspecified atom stereocenters. The number of benzene rings is 2. The molecule has 1 heterocycles. The second kappa shape index (κ2) is 6.99. The smallest absolute Gasteiger partial charge is 0.407 e. The predicted octanol–water partition coefficient (Wildman–Crippen LogP) is 4.02. The number of fused-ring (bicyclic) bond motifs is 3. The van der Waals surface area contributed by atoms with Gasteiger partial charge in [-0.15, -0.1) is 0 Å². The highest BCUT2D eigenvalue weighted by molar-refractivity contribution is 5.87. The summed E-state index contributed by atoms with van der Waals surface area (Å²) in [5, 5.41) is 11.4. The quantitative estimate of drug-likeness (QED) is 0.715. The monoisotopic (exact) mass is 363 g/mol. The van der Waals surface area contributed by atoms with E-state index >= 15 is 0 Å². The highest BCUT2D eigenvalue weighted by Crippen LogP contribution is 2.44. The maximum atomic E-state index is 12.0. The van der Waals surface area contributed by atoms with Gasteiger partial charge < -0.3 is 19.6 Å². The summed E-state index contributed by atoms with van der Waals surface area (Å²) in [5.41, 5.74) is 4.66. The van der Waals surface area contributed by atoms with Crippen LogP contribution in [-0.2, 0) is 11.3 Å². The number of carbonyl (C=O) groups is 2. The molecule has 6 nitrogen and oxygen atoms in total. The fourth-order valence-corrected chi connectivity index (χ4v) is 3.39. The van der Waals surface area contributed by atoms with Crippen molar-refractivity contribution in [3.63, 3.8) is 0 Å². The zero-order valence-electron chi connectivity index (χ0n) is 14.3. The SMILES string of the molecule is O=C(NCc1cc(C(=O)O)co1)OCC1c2ccccc2-c2ccccc21. The van der Waals surface area contributed by atoms with E-state index in [4.69, 9.17) is 14.3 Å². The Kier molecular flexibility index (Phi) is 4.38. The van der Waals surface area contributed by atoms with Gasteiger partial charge in [0, 0.05) is 5.92 Å². The van der Waals surface area contributed by atoms with Gasteiger partial charge in [-0.2, -0.15) is 0 Å². The van der Waals surface area contributed by atoms with E-state index in [1.165, 1.54) is 17.2 Å². The number of carbonyl (C=O) groups excluding carboxylic acids is 1. The lowest BCUT2D eigenvalue weighted by Crippen LogP contribution is -2.25. The molecule has 2 N–H and O–H groups in total. The minimum atomic E-state index is -1.08. The lowest BCUT2D eigenvalue weighted by molar-refractivity contribution is 0.0696. The Bertz CT molecular complexity index is 962. The second-order valence-corrected chi connectivity index (χ2v) is 6.29. The van der Waals surface area contributed by atoms with Crippen molar-refractivity contribution in [3.05, 3.63) is 83.3 Å². The number of hydrogen-bond acceptors (Lipinski definition) is 4. The highest BCUT2D eigenvalue weighted by Gasteiger charge is 2.28. The first-order valence-corrected chi connectivity index (χ1v) is 8.53. The van der Waals surface area contributed by atoms with Crippen LogP contribution in [0.1, 0.15) is 33.2 Å². The van der Waals surface area contributed by atoms with Crippen molar-refractivity contribution in [2.24, 2.45) is 0 Å². The molecule has 0 bridgehead atoms. The molecule has 4 rings (SSSR count). The van der Waals surface area contributed by atoms with Gasteiger partial charge in [-0.05, 0) is 28.3 Å². The Morgan fingerprint density at radius 3 is 2.26 bits per heavy atom. The van der Waals surface area contributed by atoms with Crippen molar-refractivity contribution in [1.29, 1.82) is 0 Å². The first kappa shape index (κ1) is 16.9. The summed E-state index contributed by atoms with van der Waals surface area (Å²) in [6, 6.07) is 17.6. The molecule has 136 valence electrons. The number of alkyl carbamates (subject to hydrolysis) is 1. The summed E-state index contributed by atoms with van der Waals surface area (Å²) in [6.07, 6.45) is 0.557. The van der Waals surface area contributed by atoms with Crippen molar-refractivity contribution in [1.82, 2.24) is 5.32 Å². The highest BCUT2D eigenvalue weighted by atomic mass is 16.5. The number of amides is 1. The third-order valence-electron chi connectivity index (χ3n) is 4.65. The molecule has 0 aliphatic heterocycles. The summed E-state index contributed by atoms with van der Waals surface area (Å²) in [4.78, 5) is 22.9. The molecular formula is C21H17NO5. The Labute approximate surface area is 155 Å². The van der Waals surface area contributed by atoms with Crippen LogP contribution in [-0.4, -0.2) is 23.8 Å². The molecule has 0 fully saturated rings. The third-order valence-corrected chi connectivity index (χ3v) is 4.65. The number of ether oxygens (including phenoxy) is 1. The molecule has 6 heteroatoms. The molecule has 0 radical (unpaired) electrons. The van der Waals surface area contributed by atoms with Crippen LogP contribution >= 0.6 is 0 Å². The normalized spacial score (nSPS) is 12.3. The molecule has 0 saturated heterocycles. The number of nitrogens with one attached hydrogen (secondary N) is 1. The molecule has 0 saturated carbocycles. The minimum absolute atomic E-state index is 0.00891. The molecule has 1 aromatic heterocycles. The van der Waals surface area contributed by atoms with Gasteiger partial charge in [0.05, 0.1) is 12.1 Å². The Morgan fingerprint density at radius 1 is 1.04 bits per heavy atom. The Balaban J connectivity index is 1.39. The lowest BCUT2D eigenvalue weighted by Gasteiger charge is -2.14. The number of hydrogen-bond donors (Lipinski definition) is 2. The average molecular weight is 363 g/mol. The Morgan fingerprint density at radius 2 is 1.67 bits per heavy atom. The van der Waals surface area contributed by atoms with Crippen LogP contribution < -0.4 is 5.32 Å². The number of carboxylic acids is 1. The van der Waals surface area contributed by atoms with Gasteiger partial charge in [-0.1, -0.05) is 48.5 Å². The fraction of sp³-hybridized carbons (Fsp3) is 0.143. The largest absolute Gasteiger partial charge is 0.478 e. The molecule has 2 aromatic carbocycles. The van der Waals surface area contributed by atoms with Crippen molar-refractivity contribution >= 4 is 12.1 Å². The van der Waals surface area contributed by atoms with E-state index < -0.39 is 12.1 Å². The zero-order valence-corrected chi connectivity index (χ0v) is 14.3. The summed E-state index contributed by atoms with van der Waals surface area (Å²) >= 11 is 0. The standard InChI is InChI=1S/C21H17NO5/c23-20(24)13-9-14(26-11-13)10-22-21(25)27-12-19-17-7-3-1-5-15(17)16-6-2-4-8-18(16)19/h1-9,11,19H,10,12H2,(H,22,25)(H,23,24). The van der Waals surface area contributed by atoms with Crippen LogP contribution in [0.3, 0.4) is 0 Å². The number of rotatable bonds is 5. The maximum absolute atomic E-state index is 12.0. The number of carboxylic acid groups (broad SMARTS) is 1. The number of furan rings is 1.